The van der Waals surface area contributed by atoms with Crippen molar-refractivity contribution in [3.05, 3.63) is 63.2 Å². The molecule has 1 atom stereocenters. The predicted octanol–water partition coefficient (Wildman–Crippen LogP) is 4.45. The molecule has 5 nitrogen and oxygen atoms in total. The Hall–Kier alpha value is -2.09. The second-order valence-electron chi connectivity index (χ2n) is 7.86. The molecule has 160 valence electrons. The number of nitrogens with zero attached hydrogens (tertiary/aromatic N) is 1. The number of amides is 2. The van der Waals surface area contributed by atoms with E-state index in [0.29, 0.717) is 12.3 Å². The van der Waals surface area contributed by atoms with Crippen LogP contribution in [-0.2, 0) is 16.1 Å². The third-order valence-corrected chi connectivity index (χ3v) is 6.37. The Labute approximate surface area is 192 Å². The lowest BCUT2D eigenvalue weighted by molar-refractivity contribution is -0.142. The fraction of sp³-hybridized carbons (Fsp3) is 0.417. The molecule has 1 aliphatic rings. The summed E-state index contributed by atoms with van der Waals surface area (Å²) in [6.07, 6.45) is 4.32. The fourth-order valence-corrected chi connectivity index (χ4v) is 4.06. The zero-order chi connectivity index (χ0) is 21.5. The summed E-state index contributed by atoms with van der Waals surface area (Å²) in [5, 5.41) is 3.12. The van der Waals surface area contributed by atoms with Gasteiger partial charge >= 0.3 is 0 Å². The van der Waals surface area contributed by atoms with Crippen LogP contribution >= 0.6 is 22.6 Å². The number of hydrogen-bond acceptors (Lipinski definition) is 3. The highest BCUT2D eigenvalue weighted by molar-refractivity contribution is 14.1. The van der Waals surface area contributed by atoms with Crippen molar-refractivity contribution in [1.29, 1.82) is 0 Å². The first-order valence-corrected chi connectivity index (χ1v) is 11.5. The highest BCUT2D eigenvalue weighted by Gasteiger charge is 2.29. The molecule has 1 saturated carbocycles. The van der Waals surface area contributed by atoms with Crippen LogP contribution in [0.5, 0.6) is 5.75 Å². The van der Waals surface area contributed by atoms with Gasteiger partial charge < -0.3 is 15.0 Å². The van der Waals surface area contributed by atoms with Crippen molar-refractivity contribution in [2.24, 2.45) is 0 Å². The summed E-state index contributed by atoms with van der Waals surface area (Å²) in [4.78, 5) is 27.6. The summed E-state index contributed by atoms with van der Waals surface area (Å²) in [5.74, 6) is 0.339. The lowest BCUT2D eigenvalue weighted by atomic mass is 10.1. The van der Waals surface area contributed by atoms with Gasteiger partial charge in [0, 0.05) is 16.2 Å². The van der Waals surface area contributed by atoms with E-state index in [1.54, 1.807) is 11.8 Å². The van der Waals surface area contributed by atoms with Crippen molar-refractivity contribution in [3.8, 4) is 5.75 Å². The number of hydrogen-bond donors (Lipinski definition) is 1. The molecule has 0 radical (unpaired) electrons. The number of aryl methyl sites for hydroxylation is 1. The number of rotatable bonds is 8. The Kier molecular flexibility index (Phi) is 8.13. The number of ether oxygens (including phenoxy) is 1. The van der Waals surface area contributed by atoms with Crippen LogP contribution in [0.15, 0.2) is 48.5 Å². The summed E-state index contributed by atoms with van der Waals surface area (Å²) in [5.41, 5.74) is 2.12. The number of benzene rings is 2. The van der Waals surface area contributed by atoms with Gasteiger partial charge in [-0.15, -0.1) is 0 Å². The lowest BCUT2D eigenvalue weighted by Gasteiger charge is -2.30. The lowest BCUT2D eigenvalue weighted by Crippen LogP contribution is -2.50. The Morgan fingerprint density at radius 2 is 1.80 bits per heavy atom. The minimum atomic E-state index is -0.571. The summed E-state index contributed by atoms with van der Waals surface area (Å²) in [7, 11) is 0. The smallest absolute Gasteiger partial charge is 0.261 e. The third-order valence-electron chi connectivity index (χ3n) is 5.65. The van der Waals surface area contributed by atoms with Gasteiger partial charge in [0.15, 0.2) is 6.61 Å². The van der Waals surface area contributed by atoms with Crippen molar-refractivity contribution < 1.29 is 14.3 Å². The zero-order valence-corrected chi connectivity index (χ0v) is 19.7. The average Bonchev–Trinajstić information content (AvgIpc) is 3.25. The highest BCUT2D eigenvalue weighted by atomic mass is 127. The van der Waals surface area contributed by atoms with Gasteiger partial charge in [0.2, 0.25) is 5.91 Å². The summed E-state index contributed by atoms with van der Waals surface area (Å²) >= 11 is 2.23. The predicted molar refractivity (Wildman–Crippen MR) is 126 cm³/mol. The zero-order valence-electron chi connectivity index (χ0n) is 17.6. The van der Waals surface area contributed by atoms with Crippen LogP contribution in [0.2, 0.25) is 0 Å². The van der Waals surface area contributed by atoms with Crippen LogP contribution in [0, 0.1) is 10.5 Å². The molecular weight excluding hydrogens is 491 g/mol. The molecule has 2 aromatic rings. The van der Waals surface area contributed by atoms with Gasteiger partial charge in [-0.05, 0) is 84.7 Å². The van der Waals surface area contributed by atoms with Crippen LogP contribution in [0.3, 0.4) is 0 Å². The second kappa shape index (κ2) is 10.8. The van der Waals surface area contributed by atoms with Gasteiger partial charge in [-0.2, -0.15) is 0 Å². The molecule has 0 saturated heterocycles. The molecule has 0 heterocycles. The maximum absolute atomic E-state index is 13.1. The largest absolute Gasteiger partial charge is 0.484 e. The van der Waals surface area contributed by atoms with E-state index >= 15 is 0 Å². The van der Waals surface area contributed by atoms with E-state index in [0.717, 1.165) is 40.4 Å². The quantitative estimate of drug-likeness (QED) is 0.524. The number of carbonyl (C=O) groups excluding carboxylic acids is 2. The molecule has 6 heteroatoms. The van der Waals surface area contributed by atoms with E-state index in [2.05, 4.69) is 27.9 Å². The van der Waals surface area contributed by atoms with E-state index in [9.17, 15) is 9.59 Å². The Morgan fingerprint density at radius 1 is 1.13 bits per heavy atom. The standard InChI is InChI=1S/C24H29IN2O3/c1-17-7-3-4-8-19(17)15-27(18(2)24(29)26-21-9-5-6-10-21)23(28)16-30-22-13-11-20(25)12-14-22/h3-4,7-8,11-14,18,21H,5-6,9-10,15-16H2,1-2H3,(H,26,29)/t18-/m0/s1. The topological polar surface area (TPSA) is 58.6 Å². The van der Waals surface area contributed by atoms with E-state index in [1.807, 2.05) is 55.5 Å². The van der Waals surface area contributed by atoms with Gasteiger partial charge in [0.25, 0.3) is 5.91 Å². The minimum absolute atomic E-state index is 0.0990. The Bertz CT molecular complexity index is 863. The first-order chi connectivity index (χ1) is 14.4. The van der Waals surface area contributed by atoms with Crippen molar-refractivity contribution in [2.75, 3.05) is 6.61 Å². The molecule has 0 spiro atoms. The molecular formula is C24H29IN2O3. The van der Waals surface area contributed by atoms with Gasteiger partial charge in [-0.25, -0.2) is 0 Å². The van der Waals surface area contributed by atoms with Gasteiger partial charge in [-0.1, -0.05) is 37.1 Å². The van der Waals surface area contributed by atoms with Crippen molar-refractivity contribution >= 4 is 34.4 Å². The van der Waals surface area contributed by atoms with E-state index in [-0.39, 0.29) is 24.5 Å². The Morgan fingerprint density at radius 3 is 2.47 bits per heavy atom. The molecule has 3 rings (SSSR count). The minimum Gasteiger partial charge on any atom is -0.484 e. The van der Waals surface area contributed by atoms with Crippen molar-refractivity contribution in [1.82, 2.24) is 10.2 Å². The molecule has 2 aromatic carbocycles. The molecule has 0 bridgehead atoms. The molecule has 2 amide bonds. The number of halogens is 1. The maximum atomic E-state index is 13.1. The van der Waals surface area contributed by atoms with E-state index < -0.39 is 6.04 Å². The molecule has 30 heavy (non-hydrogen) atoms. The maximum Gasteiger partial charge on any atom is 0.261 e. The van der Waals surface area contributed by atoms with Crippen molar-refractivity contribution in [3.63, 3.8) is 0 Å². The highest BCUT2D eigenvalue weighted by Crippen LogP contribution is 2.19. The van der Waals surface area contributed by atoms with Crippen LogP contribution in [0.25, 0.3) is 0 Å². The molecule has 1 fully saturated rings. The first kappa shape index (κ1) is 22.6. The van der Waals surface area contributed by atoms with Gasteiger partial charge in [0.05, 0.1) is 0 Å². The molecule has 0 aliphatic heterocycles. The summed E-state index contributed by atoms with van der Waals surface area (Å²) in [6, 6.07) is 15.1. The second-order valence-corrected chi connectivity index (χ2v) is 9.10. The monoisotopic (exact) mass is 520 g/mol. The van der Waals surface area contributed by atoms with Crippen molar-refractivity contribution in [2.45, 2.75) is 58.2 Å². The van der Waals surface area contributed by atoms with Crippen LogP contribution in [0.4, 0.5) is 0 Å². The molecule has 0 unspecified atom stereocenters. The van der Waals surface area contributed by atoms with Gasteiger partial charge in [0.1, 0.15) is 11.8 Å². The van der Waals surface area contributed by atoms with Crippen LogP contribution in [-0.4, -0.2) is 35.4 Å². The number of carbonyl (C=O) groups is 2. The van der Waals surface area contributed by atoms with Crippen LogP contribution in [0.1, 0.15) is 43.7 Å². The average molecular weight is 520 g/mol. The first-order valence-electron chi connectivity index (χ1n) is 10.5. The molecule has 1 aliphatic carbocycles. The van der Waals surface area contributed by atoms with Crippen LogP contribution < -0.4 is 10.1 Å². The summed E-state index contributed by atoms with van der Waals surface area (Å²) in [6.45, 7) is 4.09. The third kappa shape index (κ3) is 6.20. The Balaban J connectivity index is 1.71. The number of nitrogens with one attached hydrogen (secondary N) is 1. The van der Waals surface area contributed by atoms with E-state index in [4.69, 9.17) is 4.74 Å². The molecule has 0 aromatic heterocycles. The van der Waals surface area contributed by atoms with E-state index in [1.165, 1.54) is 0 Å². The SMILES string of the molecule is Cc1ccccc1CN(C(=O)COc1ccc(I)cc1)[C@@H](C)C(=O)NC1CCCC1. The van der Waals surface area contributed by atoms with Gasteiger partial charge in [-0.3, -0.25) is 9.59 Å². The normalized spacial score (nSPS) is 14.9. The molecule has 1 N–H and O–H groups in total. The summed E-state index contributed by atoms with van der Waals surface area (Å²) < 4.78 is 6.81. The fourth-order valence-electron chi connectivity index (χ4n) is 3.70.